The number of ether oxygens (including phenoxy) is 1. The van der Waals surface area contributed by atoms with Crippen LogP contribution in [0, 0.1) is 5.82 Å². The summed E-state index contributed by atoms with van der Waals surface area (Å²) in [5.41, 5.74) is 4.32. The SMILES string of the molecule is COC(=O)CCCc1ccc(C(=O)N2Cc3cnn(C)c3Cc3cc(Cl)ccc32)cc1F. The number of anilines is 1. The third-order valence-electron chi connectivity index (χ3n) is 5.77. The molecule has 0 aliphatic carbocycles. The quantitative estimate of drug-likeness (QED) is 0.533. The number of aromatic nitrogens is 2. The van der Waals surface area contributed by atoms with Crippen LogP contribution in [0.1, 0.15) is 45.6 Å². The van der Waals surface area contributed by atoms with Crippen molar-refractivity contribution < 1.29 is 18.7 Å². The normalized spacial score (nSPS) is 12.7. The number of halogens is 2. The first-order valence-corrected chi connectivity index (χ1v) is 10.7. The van der Waals surface area contributed by atoms with Crippen molar-refractivity contribution in [2.45, 2.75) is 32.2 Å². The lowest BCUT2D eigenvalue weighted by atomic mass is 10.0. The number of nitrogens with zero attached hydrogens (tertiary/aromatic N) is 3. The number of hydrogen-bond donors (Lipinski definition) is 0. The van der Waals surface area contributed by atoms with Crippen LogP contribution in [-0.2, 0) is 36.0 Å². The van der Waals surface area contributed by atoms with Gasteiger partial charge in [0.25, 0.3) is 5.91 Å². The molecule has 6 nitrogen and oxygen atoms in total. The van der Waals surface area contributed by atoms with Gasteiger partial charge >= 0.3 is 5.97 Å². The van der Waals surface area contributed by atoms with Crippen LogP contribution >= 0.6 is 11.6 Å². The number of fused-ring (bicyclic) bond motifs is 2. The Balaban J connectivity index is 1.62. The Bertz CT molecular complexity index is 1190. The summed E-state index contributed by atoms with van der Waals surface area (Å²) in [6.07, 6.45) is 3.44. The van der Waals surface area contributed by atoms with Crippen LogP contribution in [0.15, 0.2) is 42.6 Å². The molecule has 2 aromatic carbocycles. The van der Waals surface area contributed by atoms with Gasteiger partial charge in [-0.1, -0.05) is 17.7 Å². The van der Waals surface area contributed by atoms with E-state index in [1.54, 1.807) is 34.0 Å². The molecule has 0 atom stereocenters. The minimum atomic E-state index is -0.464. The second-order valence-corrected chi connectivity index (χ2v) is 8.25. The van der Waals surface area contributed by atoms with Crippen molar-refractivity contribution in [3.8, 4) is 0 Å². The summed E-state index contributed by atoms with van der Waals surface area (Å²) < 4.78 is 21.2. The third kappa shape index (κ3) is 4.39. The van der Waals surface area contributed by atoms with Crippen molar-refractivity contribution in [2.24, 2.45) is 7.05 Å². The van der Waals surface area contributed by atoms with Crippen LogP contribution in [0.2, 0.25) is 5.02 Å². The minimum Gasteiger partial charge on any atom is -0.469 e. The van der Waals surface area contributed by atoms with E-state index in [9.17, 15) is 14.0 Å². The van der Waals surface area contributed by atoms with Crippen LogP contribution in [0.3, 0.4) is 0 Å². The first kappa shape index (κ1) is 22.0. The molecule has 3 aromatic rings. The van der Waals surface area contributed by atoms with Crippen molar-refractivity contribution in [1.29, 1.82) is 0 Å². The minimum absolute atomic E-state index is 0.219. The maximum absolute atomic E-state index is 14.7. The molecule has 0 saturated carbocycles. The van der Waals surface area contributed by atoms with Gasteiger partial charge in [-0.15, -0.1) is 0 Å². The Labute approximate surface area is 190 Å². The largest absolute Gasteiger partial charge is 0.469 e. The highest BCUT2D eigenvalue weighted by Gasteiger charge is 2.27. The van der Waals surface area contributed by atoms with E-state index in [2.05, 4.69) is 9.84 Å². The maximum atomic E-state index is 14.7. The maximum Gasteiger partial charge on any atom is 0.305 e. The fourth-order valence-electron chi connectivity index (χ4n) is 4.01. The van der Waals surface area contributed by atoms with Gasteiger partial charge in [-0.2, -0.15) is 5.10 Å². The van der Waals surface area contributed by atoms with Gasteiger partial charge in [-0.3, -0.25) is 14.3 Å². The molecule has 0 N–H and O–H groups in total. The molecule has 0 bridgehead atoms. The van der Waals surface area contributed by atoms with E-state index in [0.717, 1.165) is 22.5 Å². The lowest BCUT2D eigenvalue weighted by Gasteiger charge is -2.23. The number of esters is 1. The highest BCUT2D eigenvalue weighted by Crippen LogP contribution is 2.33. The van der Waals surface area contributed by atoms with Gasteiger partial charge in [0.1, 0.15) is 5.82 Å². The van der Waals surface area contributed by atoms with Crippen molar-refractivity contribution in [2.75, 3.05) is 12.0 Å². The number of carbonyl (C=O) groups excluding carboxylic acids is 2. The van der Waals surface area contributed by atoms with Crippen LogP contribution in [-0.4, -0.2) is 28.8 Å². The zero-order valence-electron chi connectivity index (χ0n) is 17.9. The Hall–Kier alpha value is -3.19. The predicted molar refractivity (Wildman–Crippen MR) is 119 cm³/mol. The zero-order valence-corrected chi connectivity index (χ0v) is 18.7. The Kier molecular flexibility index (Phi) is 6.28. The molecule has 0 fully saturated rings. The zero-order chi connectivity index (χ0) is 22.8. The van der Waals surface area contributed by atoms with Crippen molar-refractivity contribution in [3.63, 3.8) is 0 Å². The van der Waals surface area contributed by atoms with E-state index in [0.29, 0.717) is 36.4 Å². The number of benzene rings is 2. The topological polar surface area (TPSA) is 64.4 Å². The Morgan fingerprint density at radius 3 is 2.75 bits per heavy atom. The average molecular weight is 456 g/mol. The molecule has 1 aliphatic rings. The molecule has 1 aliphatic heterocycles. The molecular weight excluding hydrogens is 433 g/mol. The molecular formula is C24H23ClFN3O3. The van der Waals surface area contributed by atoms with Gasteiger partial charge in [0.05, 0.1) is 19.9 Å². The van der Waals surface area contributed by atoms with E-state index >= 15 is 0 Å². The van der Waals surface area contributed by atoms with E-state index in [4.69, 9.17) is 11.6 Å². The molecule has 0 saturated heterocycles. The van der Waals surface area contributed by atoms with Gasteiger partial charge < -0.3 is 9.64 Å². The lowest BCUT2D eigenvalue weighted by Crippen LogP contribution is -2.30. The number of hydrogen-bond acceptors (Lipinski definition) is 4. The van der Waals surface area contributed by atoms with Crippen molar-refractivity contribution in [3.05, 3.63) is 81.4 Å². The number of methoxy groups -OCH3 is 1. The third-order valence-corrected chi connectivity index (χ3v) is 6.00. The molecule has 0 radical (unpaired) electrons. The summed E-state index contributed by atoms with van der Waals surface area (Å²) in [5, 5.41) is 4.91. The second-order valence-electron chi connectivity index (χ2n) is 7.82. The van der Waals surface area contributed by atoms with Crippen LogP contribution in [0.4, 0.5) is 10.1 Å². The fourth-order valence-corrected chi connectivity index (χ4v) is 4.20. The Morgan fingerprint density at radius 1 is 1.19 bits per heavy atom. The molecule has 4 rings (SSSR count). The van der Waals surface area contributed by atoms with Gasteiger partial charge in [0.2, 0.25) is 0 Å². The van der Waals surface area contributed by atoms with Crippen molar-refractivity contribution in [1.82, 2.24) is 9.78 Å². The molecule has 32 heavy (non-hydrogen) atoms. The number of amides is 1. The summed E-state index contributed by atoms with van der Waals surface area (Å²) in [7, 11) is 3.20. The highest BCUT2D eigenvalue weighted by molar-refractivity contribution is 6.30. The van der Waals surface area contributed by atoms with Crippen molar-refractivity contribution >= 4 is 29.2 Å². The second kappa shape index (κ2) is 9.12. The predicted octanol–water partition coefficient (Wildman–Crippen LogP) is 4.46. The van der Waals surface area contributed by atoms with Gasteiger partial charge in [0.15, 0.2) is 0 Å². The summed E-state index contributed by atoms with van der Waals surface area (Å²) in [5.74, 6) is -1.09. The summed E-state index contributed by atoms with van der Waals surface area (Å²) in [4.78, 5) is 26.4. The smallest absolute Gasteiger partial charge is 0.305 e. The molecule has 0 unspecified atom stereocenters. The van der Waals surface area contributed by atoms with Gasteiger partial charge in [-0.25, -0.2) is 4.39 Å². The van der Waals surface area contributed by atoms with E-state index in [1.165, 1.54) is 13.2 Å². The first-order valence-electron chi connectivity index (χ1n) is 10.3. The molecule has 8 heteroatoms. The van der Waals surface area contributed by atoms with Crippen LogP contribution < -0.4 is 4.90 Å². The first-order chi connectivity index (χ1) is 15.4. The van der Waals surface area contributed by atoms with Crippen LogP contribution in [0.25, 0.3) is 0 Å². The van der Waals surface area contributed by atoms with E-state index < -0.39 is 5.82 Å². The molecule has 2 heterocycles. The Morgan fingerprint density at radius 2 is 2.00 bits per heavy atom. The molecule has 0 spiro atoms. The summed E-state index contributed by atoms with van der Waals surface area (Å²) in [6.45, 7) is 0.332. The highest BCUT2D eigenvalue weighted by atomic mass is 35.5. The molecule has 1 aromatic heterocycles. The summed E-state index contributed by atoms with van der Waals surface area (Å²) >= 11 is 6.22. The fraction of sp³-hybridized carbons (Fsp3) is 0.292. The summed E-state index contributed by atoms with van der Waals surface area (Å²) in [6, 6.07) is 9.93. The lowest BCUT2D eigenvalue weighted by molar-refractivity contribution is -0.140. The van der Waals surface area contributed by atoms with Gasteiger partial charge in [0, 0.05) is 47.4 Å². The van der Waals surface area contributed by atoms with Crippen LogP contribution in [0.5, 0.6) is 0 Å². The van der Waals surface area contributed by atoms with E-state index in [-0.39, 0.29) is 23.9 Å². The van der Waals surface area contributed by atoms with Gasteiger partial charge in [-0.05, 0) is 54.3 Å². The number of rotatable bonds is 5. The number of aryl methyl sites for hydroxylation is 2. The monoisotopic (exact) mass is 455 g/mol. The number of carbonyl (C=O) groups is 2. The van der Waals surface area contributed by atoms with E-state index in [1.807, 2.05) is 19.2 Å². The molecule has 1 amide bonds. The molecule has 166 valence electrons. The average Bonchev–Trinajstić information content (AvgIpc) is 3.02. The standard InChI is InChI=1S/C24H23ClFN3O3/c1-28-22-12-17-10-19(25)8-9-21(17)29(14-18(22)13-27-28)24(31)16-7-6-15(20(26)11-16)4-3-5-23(30)32-2/h6-11,13H,3-5,12,14H2,1-2H3.